The summed E-state index contributed by atoms with van der Waals surface area (Å²) in [7, 11) is 0. The van der Waals surface area contributed by atoms with E-state index >= 15 is 4.39 Å². The standard InChI is InChI=1S/C22H18F2N6O/c1-13(21-16(23)9-18-15(22(21)24)3-2-6-25-18)19-11-26-20-5-4-17(28-30(19)20)14-10-27-29(12-14)7-8-31/h2-6,9-13,31H,7-8H2,1H3/t13-/m1/s1. The fourth-order valence-corrected chi connectivity index (χ4v) is 3.77. The van der Waals surface area contributed by atoms with Gasteiger partial charge in [-0.15, -0.1) is 0 Å². The van der Waals surface area contributed by atoms with Gasteiger partial charge in [-0.1, -0.05) is 6.92 Å². The monoisotopic (exact) mass is 420 g/mol. The largest absolute Gasteiger partial charge is 0.394 e. The maximum Gasteiger partial charge on any atom is 0.153 e. The fourth-order valence-electron chi connectivity index (χ4n) is 3.77. The number of pyridine rings is 1. The quantitative estimate of drug-likeness (QED) is 0.470. The third-order valence-electron chi connectivity index (χ3n) is 5.36. The summed E-state index contributed by atoms with van der Waals surface area (Å²) in [5.74, 6) is -1.93. The number of fused-ring (bicyclic) bond motifs is 2. The predicted octanol–water partition coefficient (Wildman–Crippen LogP) is 3.56. The molecule has 0 amide bonds. The van der Waals surface area contributed by atoms with E-state index in [1.54, 1.807) is 59.0 Å². The Kier molecular flexibility index (Phi) is 4.67. The molecule has 0 radical (unpaired) electrons. The highest BCUT2D eigenvalue weighted by atomic mass is 19.1. The maximum absolute atomic E-state index is 15.2. The van der Waals surface area contributed by atoms with Crippen molar-refractivity contribution >= 4 is 16.6 Å². The molecule has 5 aromatic rings. The van der Waals surface area contributed by atoms with E-state index in [9.17, 15) is 4.39 Å². The summed E-state index contributed by atoms with van der Waals surface area (Å²) in [6.07, 6.45) is 6.51. The van der Waals surface area contributed by atoms with Gasteiger partial charge >= 0.3 is 0 Å². The number of aliphatic hydroxyl groups excluding tert-OH is 1. The third kappa shape index (κ3) is 3.23. The van der Waals surface area contributed by atoms with Gasteiger partial charge in [-0.05, 0) is 24.3 Å². The molecule has 4 aromatic heterocycles. The summed E-state index contributed by atoms with van der Waals surface area (Å²) < 4.78 is 33.3. The minimum absolute atomic E-state index is 0.0187. The first-order chi connectivity index (χ1) is 15.1. The highest BCUT2D eigenvalue weighted by molar-refractivity contribution is 5.80. The zero-order valence-electron chi connectivity index (χ0n) is 16.6. The lowest BCUT2D eigenvalue weighted by Gasteiger charge is -2.15. The van der Waals surface area contributed by atoms with Crippen LogP contribution in [0.3, 0.4) is 0 Å². The van der Waals surface area contributed by atoms with Gasteiger partial charge in [0.15, 0.2) is 5.65 Å². The Bertz CT molecular complexity index is 1410. The Morgan fingerprint density at radius 2 is 2.00 bits per heavy atom. The van der Waals surface area contributed by atoms with Gasteiger partial charge in [0.25, 0.3) is 0 Å². The molecule has 1 atom stereocenters. The van der Waals surface area contributed by atoms with E-state index in [1.165, 1.54) is 12.3 Å². The lowest BCUT2D eigenvalue weighted by Crippen LogP contribution is -2.08. The molecule has 9 heteroatoms. The van der Waals surface area contributed by atoms with Crippen LogP contribution in [0.5, 0.6) is 0 Å². The van der Waals surface area contributed by atoms with Crippen molar-refractivity contribution in [3.8, 4) is 11.3 Å². The van der Waals surface area contributed by atoms with Gasteiger partial charge in [0.2, 0.25) is 0 Å². The van der Waals surface area contributed by atoms with Crippen LogP contribution >= 0.6 is 0 Å². The molecular formula is C22H18F2N6O. The lowest BCUT2D eigenvalue weighted by molar-refractivity contribution is 0.269. The van der Waals surface area contributed by atoms with Gasteiger partial charge < -0.3 is 5.11 Å². The highest BCUT2D eigenvalue weighted by Gasteiger charge is 2.24. The summed E-state index contributed by atoms with van der Waals surface area (Å²) in [6.45, 7) is 2.08. The molecule has 1 aromatic carbocycles. The Morgan fingerprint density at radius 3 is 2.84 bits per heavy atom. The molecule has 0 aliphatic heterocycles. The molecule has 0 aliphatic rings. The summed E-state index contributed by atoms with van der Waals surface area (Å²) in [4.78, 5) is 8.39. The second-order valence-electron chi connectivity index (χ2n) is 7.27. The van der Waals surface area contributed by atoms with E-state index in [0.29, 0.717) is 23.6 Å². The van der Waals surface area contributed by atoms with Gasteiger partial charge in [-0.25, -0.2) is 18.3 Å². The molecule has 0 bridgehead atoms. The van der Waals surface area contributed by atoms with Gasteiger partial charge in [0.1, 0.15) is 11.6 Å². The summed E-state index contributed by atoms with van der Waals surface area (Å²) in [6, 6.07) is 8.06. The Morgan fingerprint density at radius 1 is 1.13 bits per heavy atom. The smallest absolute Gasteiger partial charge is 0.153 e. The topological polar surface area (TPSA) is 81.1 Å². The zero-order chi connectivity index (χ0) is 21.5. The van der Waals surface area contributed by atoms with Crippen molar-refractivity contribution in [3.05, 3.63) is 78.0 Å². The van der Waals surface area contributed by atoms with Crippen molar-refractivity contribution in [2.24, 2.45) is 0 Å². The predicted molar refractivity (Wildman–Crippen MR) is 110 cm³/mol. The van der Waals surface area contributed by atoms with Crippen molar-refractivity contribution in [2.45, 2.75) is 19.4 Å². The molecule has 0 saturated heterocycles. The summed E-state index contributed by atoms with van der Waals surface area (Å²) >= 11 is 0. The number of aliphatic hydroxyl groups is 1. The molecular weight excluding hydrogens is 402 g/mol. The lowest BCUT2D eigenvalue weighted by atomic mass is 9.95. The van der Waals surface area contributed by atoms with Crippen molar-refractivity contribution in [3.63, 3.8) is 0 Å². The minimum Gasteiger partial charge on any atom is -0.394 e. The first-order valence-electron chi connectivity index (χ1n) is 9.78. The fraction of sp³-hybridized carbons (Fsp3) is 0.182. The van der Waals surface area contributed by atoms with Crippen LogP contribution in [0.2, 0.25) is 0 Å². The van der Waals surface area contributed by atoms with E-state index in [-0.39, 0.29) is 23.1 Å². The van der Waals surface area contributed by atoms with Gasteiger partial charge in [0.05, 0.1) is 42.4 Å². The molecule has 0 aliphatic carbocycles. The Hall–Kier alpha value is -3.72. The van der Waals surface area contributed by atoms with E-state index < -0.39 is 17.6 Å². The number of nitrogens with zero attached hydrogens (tertiary/aromatic N) is 6. The normalized spacial score (nSPS) is 12.6. The number of aromatic nitrogens is 6. The first kappa shape index (κ1) is 19.3. The molecule has 0 fully saturated rings. The van der Waals surface area contributed by atoms with Gasteiger partial charge in [-0.2, -0.15) is 10.2 Å². The first-order valence-corrected chi connectivity index (χ1v) is 9.78. The molecule has 0 unspecified atom stereocenters. The number of benzene rings is 1. The number of rotatable bonds is 5. The van der Waals surface area contributed by atoms with Crippen LogP contribution in [-0.4, -0.2) is 41.1 Å². The van der Waals surface area contributed by atoms with Crippen LogP contribution in [0, 0.1) is 11.6 Å². The number of imidazole rings is 1. The molecule has 156 valence electrons. The average molecular weight is 420 g/mol. The van der Waals surface area contributed by atoms with E-state index in [1.807, 2.05) is 0 Å². The summed E-state index contributed by atoms with van der Waals surface area (Å²) in [5, 5.41) is 18.2. The molecule has 7 nitrogen and oxygen atoms in total. The summed E-state index contributed by atoms with van der Waals surface area (Å²) in [5.41, 5.74) is 2.73. The number of hydrogen-bond donors (Lipinski definition) is 1. The number of halogens is 2. The van der Waals surface area contributed by atoms with Crippen LogP contribution in [0.4, 0.5) is 8.78 Å². The molecule has 0 saturated carbocycles. The van der Waals surface area contributed by atoms with Crippen LogP contribution in [0.25, 0.3) is 27.8 Å². The Labute approximate surface area is 175 Å². The van der Waals surface area contributed by atoms with Gasteiger partial charge in [-0.3, -0.25) is 9.67 Å². The van der Waals surface area contributed by atoms with Crippen LogP contribution in [0.15, 0.2) is 55.1 Å². The van der Waals surface area contributed by atoms with Crippen LogP contribution in [-0.2, 0) is 6.54 Å². The highest BCUT2D eigenvalue weighted by Crippen LogP contribution is 2.33. The minimum atomic E-state index is -0.660. The number of hydrogen-bond acceptors (Lipinski definition) is 5. The van der Waals surface area contributed by atoms with E-state index in [4.69, 9.17) is 5.11 Å². The van der Waals surface area contributed by atoms with Crippen molar-refractivity contribution < 1.29 is 13.9 Å². The molecule has 0 spiro atoms. The van der Waals surface area contributed by atoms with Crippen LogP contribution < -0.4 is 0 Å². The maximum atomic E-state index is 15.2. The molecule has 5 rings (SSSR count). The zero-order valence-corrected chi connectivity index (χ0v) is 16.6. The molecule has 1 N–H and O–H groups in total. The van der Waals surface area contributed by atoms with E-state index in [2.05, 4.69) is 20.2 Å². The third-order valence-corrected chi connectivity index (χ3v) is 5.36. The average Bonchev–Trinajstić information content (AvgIpc) is 3.40. The second-order valence-corrected chi connectivity index (χ2v) is 7.27. The van der Waals surface area contributed by atoms with Gasteiger partial charge in [0, 0.05) is 40.9 Å². The van der Waals surface area contributed by atoms with Crippen molar-refractivity contribution in [1.82, 2.24) is 29.4 Å². The SMILES string of the molecule is C[C@@H](c1c(F)cc2ncccc2c1F)c1cnc2ccc(-c3cnn(CCO)c3)nn12. The van der Waals surface area contributed by atoms with E-state index in [0.717, 1.165) is 5.56 Å². The molecule has 4 heterocycles. The second kappa shape index (κ2) is 7.51. The van der Waals surface area contributed by atoms with Crippen LogP contribution in [0.1, 0.15) is 24.1 Å². The van der Waals surface area contributed by atoms with Crippen molar-refractivity contribution in [1.29, 1.82) is 0 Å². The van der Waals surface area contributed by atoms with Crippen molar-refractivity contribution in [2.75, 3.05) is 6.61 Å². The Balaban J connectivity index is 1.61. The molecule has 31 heavy (non-hydrogen) atoms.